The number of nitrogens with zero attached hydrogens (tertiary/aromatic N) is 2. The summed E-state index contributed by atoms with van der Waals surface area (Å²) in [5, 5.41) is 10.4. The number of hydrogen-bond donors (Lipinski definition) is 3. The van der Waals surface area contributed by atoms with Crippen LogP contribution in [0.15, 0.2) is 16.9 Å². The Morgan fingerprint density at radius 2 is 1.00 bits per heavy atom. The van der Waals surface area contributed by atoms with Crippen molar-refractivity contribution >= 4 is 37.3 Å². The van der Waals surface area contributed by atoms with Crippen molar-refractivity contribution in [2.45, 2.75) is 157 Å². The Morgan fingerprint density at radius 3 is 1.07 bits per heavy atom. The first-order valence-corrected chi connectivity index (χ1v) is 14.7. The largest absolute Gasteiger partial charge is 0.476 e. The predicted octanol–water partition coefficient (Wildman–Crippen LogP) is 8.37. The molecular formula is C31H77B3N5Y3-2. The molecule has 3 heterocycles. The van der Waals surface area contributed by atoms with Gasteiger partial charge in [-0.05, 0) is 19.0 Å². The summed E-state index contributed by atoms with van der Waals surface area (Å²) >= 11 is 0. The van der Waals surface area contributed by atoms with Crippen molar-refractivity contribution in [1.82, 2.24) is 16.1 Å². The monoisotopic (exact) mass is 822 g/mol. The zero-order valence-electron chi connectivity index (χ0n) is 32.2. The van der Waals surface area contributed by atoms with E-state index in [0.717, 1.165) is 5.71 Å². The summed E-state index contributed by atoms with van der Waals surface area (Å²) < 4.78 is 2.10. The Bertz CT molecular complexity index is 473. The Morgan fingerprint density at radius 1 is 0.643 bits per heavy atom. The van der Waals surface area contributed by atoms with Crippen LogP contribution in [-0.4, -0.2) is 67.0 Å². The van der Waals surface area contributed by atoms with E-state index in [9.17, 15) is 0 Å². The van der Waals surface area contributed by atoms with Gasteiger partial charge in [0.25, 0.3) is 0 Å². The quantitative estimate of drug-likeness (QED) is 0.131. The van der Waals surface area contributed by atoms with E-state index in [2.05, 4.69) is 80.4 Å². The number of nitrogens with one attached hydrogen (secondary N) is 3. The van der Waals surface area contributed by atoms with E-state index in [1.54, 1.807) is 0 Å². The molecule has 42 heavy (non-hydrogen) atoms. The molecule has 3 N–H and O–H groups in total. The molecule has 0 aromatic rings. The van der Waals surface area contributed by atoms with Gasteiger partial charge in [0.05, 0.1) is 12.4 Å². The molecule has 5 nitrogen and oxygen atoms in total. The molecule has 3 unspecified atom stereocenters. The molecule has 3 aliphatic heterocycles. The predicted molar refractivity (Wildman–Crippen MR) is 195 cm³/mol. The molecule has 0 spiro atoms. The summed E-state index contributed by atoms with van der Waals surface area (Å²) in [6.45, 7) is 41.0. The second kappa shape index (κ2) is 61.6. The Hall–Kier alpha value is 1.60. The standard InChI is InChI=1S/C7H12N.C6H12N2.C6H11N2.6C2H6.3B.3Y.3H2/c1-5-4-8-7(3)6(5)2;1-5-6(2)8(3)4-7-5;1-4-5(2)7-8-6(4)3;6*1-2;;;;;;;;;/h4,7-8H,1-3H3;4-5,7H,1-3H3;5,7H,1-3H3;6*1-2H3;;;;;;;3*1H/q-1;;-1;;;;;;;;;;;;;;;/i;;;;;;;;;;;;;;;3*1+1. The summed E-state index contributed by atoms with van der Waals surface area (Å²) in [5.74, 6) is 2.81. The maximum absolute atomic E-state index is 4.03. The number of likely N-dealkylation sites (N-methyl/N-ethyl adjacent to an activating group) is 1. The van der Waals surface area contributed by atoms with Gasteiger partial charge in [-0.1, -0.05) is 129 Å². The summed E-state index contributed by atoms with van der Waals surface area (Å²) in [7, 11) is 2.05. The van der Waals surface area contributed by atoms with Crippen LogP contribution in [-0.2, 0) is 98.1 Å². The first-order valence-electron chi connectivity index (χ1n) is 14.7. The van der Waals surface area contributed by atoms with Gasteiger partial charge in [0.15, 0.2) is 0 Å². The molecule has 0 saturated carbocycles. The van der Waals surface area contributed by atoms with Crippen LogP contribution < -0.4 is 16.1 Å². The van der Waals surface area contributed by atoms with E-state index < -0.39 is 0 Å². The van der Waals surface area contributed by atoms with Gasteiger partial charge in [-0.15, -0.1) is 13.1 Å². The molecule has 3 aliphatic rings. The van der Waals surface area contributed by atoms with Crippen LogP contribution in [0.5, 0.6) is 0 Å². The third-order valence-corrected chi connectivity index (χ3v) is 5.17. The number of hydrazone groups is 1. The van der Waals surface area contributed by atoms with Crippen LogP contribution in [0.4, 0.5) is 0 Å². The fourth-order valence-corrected chi connectivity index (χ4v) is 2.27. The topological polar surface area (TPSA) is 51.5 Å². The average molecular weight is 822 g/mol. The molecule has 246 valence electrons. The van der Waals surface area contributed by atoms with E-state index >= 15 is 0 Å². The van der Waals surface area contributed by atoms with Crippen molar-refractivity contribution in [2.75, 3.05) is 7.05 Å². The Balaban J connectivity index is -0.0000000182. The molecule has 3 rings (SSSR count). The molecule has 12 radical (unpaired) electrons. The summed E-state index contributed by atoms with van der Waals surface area (Å²) in [4.78, 5) is 0. The maximum atomic E-state index is 4.03. The third kappa shape index (κ3) is 41.6. The van der Waals surface area contributed by atoms with Crippen LogP contribution in [0, 0.1) is 17.9 Å². The normalized spacial score (nSPS) is 16.6. The SMILES string of the molecule is CC.CC.CC.CC.CC.CC.CC1=CNC(C)[C-]1C.CC1=NNC(C)[C-]1C.C[C-]1C(C)NC=[N+]1C.[2HH].[2HH].[2HH].[B].[B].[B].[Y].[Y].[Y]. The van der Waals surface area contributed by atoms with Crippen molar-refractivity contribution in [3.63, 3.8) is 0 Å². The second-order valence-corrected chi connectivity index (χ2v) is 6.90. The van der Waals surface area contributed by atoms with Gasteiger partial charge in [0.1, 0.15) is 0 Å². The van der Waals surface area contributed by atoms with E-state index in [1.165, 1.54) is 23.5 Å². The van der Waals surface area contributed by atoms with Crippen molar-refractivity contribution in [3.8, 4) is 0 Å². The van der Waals surface area contributed by atoms with E-state index in [4.69, 9.17) is 0 Å². The molecular weight excluding hydrogens is 742 g/mol. The van der Waals surface area contributed by atoms with E-state index in [-0.39, 0.29) is 128 Å². The van der Waals surface area contributed by atoms with Crippen LogP contribution in [0.2, 0.25) is 0 Å². The first kappa shape index (κ1) is 79.2. The summed E-state index contributed by atoms with van der Waals surface area (Å²) in [6, 6.07) is 2.93. The Labute approximate surface area is 354 Å². The molecule has 0 amide bonds. The minimum atomic E-state index is 0. The number of hydrogen-bond acceptors (Lipinski definition) is 4. The molecule has 0 fully saturated rings. The first-order chi connectivity index (χ1) is 17.1. The molecule has 0 aliphatic carbocycles. The minimum Gasteiger partial charge on any atom is -0.476 e. The zero-order valence-corrected chi connectivity index (χ0v) is 40.8. The summed E-state index contributed by atoms with van der Waals surface area (Å²) in [5.41, 5.74) is 5.49. The smallest absolute Gasteiger partial charge is 0.0902 e. The fourth-order valence-electron chi connectivity index (χ4n) is 2.27. The van der Waals surface area contributed by atoms with Crippen LogP contribution >= 0.6 is 0 Å². The third-order valence-electron chi connectivity index (χ3n) is 5.17. The van der Waals surface area contributed by atoms with Gasteiger partial charge < -0.3 is 26.6 Å². The second-order valence-electron chi connectivity index (χ2n) is 6.90. The molecule has 0 bridgehead atoms. The molecule has 11 heteroatoms. The molecule has 3 atom stereocenters. The molecule has 0 aromatic carbocycles. The maximum Gasteiger partial charge on any atom is 0.0902 e. The van der Waals surface area contributed by atoms with Crippen molar-refractivity contribution in [3.05, 3.63) is 29.7 Å². The van der Waals surface area contributed by atoms with Gasteiger partial charge in [-0.2, -0.15) is 18.4 Å². The van der Waals surface area contributed by atoms with Gasteiger partial charge >= 0.3 is 0 Å². The molecule has 0 aromatic heterocycles. The van der Waals surface area contributed by atoms with Crippen LogP contribution in [0.3, 0.4) is 0 Å². The number of rotatable bonds is 0. The van der Waals surface area contributed by atoms with Crippen LogP contribution in [0.25, 0.3) is 0 Å². The van der Waals surface area contributed by atoms with E-state index in [1.807, 2.05) is 103 Å². The Kier molecular flexibility index (Phi) is 116. The summed E-state index contributed by atoms with van der Waals surface area (Å²) in [6.07, 6.45) is 4.06. The van der Waals surface area contributed by atoms with Gasteiger partial charge in [-0.25, -0.2) is 5.10 Å². The van der Waals surface area contributed by atoms with Crippen molar-refractivity contribution in [2.24, 2.45) is 5.10 Å². The van der Waals surface area contributed by atoms with Crippen molar-refractivity contribution in [1.29, 1.82) is 0 Å². The average Bonchev–Trinajstić information content (AvgIpc) is 3.54. The zero-order chi connectivity index (χ0) is 30.4. The van der Waals surface area contributed by atoms with Gasteiger partial charge in [0, 0.05) is 135 Å². The molecule has 0 saturated heterocycles. The van der Waals surface area contributed by atoms with Crippen molar-refractivity contribution < 1.29 is 107 Å². The minimum absolute atomic E-state index is 0. The van der Waals surface area contributed by atoms with E-state index in [0.29, 0.717) is 18.1 Å². The van der Waals surface area contributed by atoms with Gasteiger partial charge in [-0.3, -0.25) is 0 Å². The fraction of sp³-hybridized carbons (Fsp3) is 0.774. The van der Waals surface area contributed by atoms with Crippen LogP contribution in [0.1, 0.15) is 143 Å². The van der Waals surface area contributed by atoms with Gasteiger partial charge in [0.2, 0.25) is 0 Å².